The molecule has 1 heterocycles. The van der Waals surface area contributed by atoms with Crippen LogP contribution < -0.4 is 4.72 Å². The minimum Gasteiger partial charge on any atom is -0.274 e. The second kappa shape index (κ2) is 7.27. The highest BCUT2D eigenvalue weighted by atomic mass is 32.2. The van der Waals surface area contributed by atoms with Crippen molar-refractivity contribution >= 4 is 10.0 Å². The van der Waals surface area contributed by atoms with E-state index in [0.717, 1.165) is 12.0 Å². The largest absolute Gasteiger partial charge is 0.274 e. The van der Waals surface area contributed by atoms with Crippen molar-refractivity contribution in [3.05, 3.63) is 47.8 Å². The monoisotopic (exact) mass is 335 g/mol. The molecule has 0 radical (unpaired) electrons. The molecule has 0 aliphatic carbocycles. The Morgan fingerprint density at radius 1 is 1.13 bits per heavy atom. The molecule has 0 saturated heterocycles. The smallest absolute Gasteiger partial charge is 0.244 e. The maximum Gasteiger partial charge on any atom is 0.244 e. The van der Waals surface area contributed by atoms with Gasteiger partial charge in [0.15, 0.2) is 0 Å². The quantitative estimate of drug-likeness (QED) is 0.844. The molecule has 1 aromatic heterocycles. The van der Waals surface area contributed by atoms with Crippen LogP contribution in [0.4, 0.5) is 0 Å². The van der Waals surface area contributed by atoms with E-state index < -0.39 is 10.0 Å². The minimum absolute atomic E-state index is 0.190. The standard InChI is InChI=1S/C17H25N3O2S/c1-5-13(3)14-7-9-15(10-8-14)17(6-2)19-23(21,22)16-11-18-20(4)12-16/h7-13,17,19H,5-6H2,1-4H3/t13-,17-/m0/s1. The number of aryl methyl sites for hydroxylation is 1. The van der Waals surface area contributed by atoms with E-state index in [1.165, 1.54) is 22.6 Å². The molecule has 0 bridgehead atoms. The number of benzene rings is 1. The molecule has 2 atom stereocenters. The van der Waals surface area contributed by atoms with Crippen molar-refractivity contribution in [2.75, 3.05) is 0 Å². The predicted molar refractivity (Wildman–Crippen MR) is 91.7 cm³/mol. The summed E-state index contributed by atoms with van der Waals surface area (Å²) in [4.78, 5) is 0.190. The van der Waals surface area contributed by atoms with Gasteiger partial charge in [0.25, 0.3) is 0 Å². The highest BCUT2D eigenvalue weighted by molar-refractivity contribution is 7.89. The number of hydrogen-bond donors (Lipinski definition) is 1. The zero-order valence-corrected chi connectivity index (χ0v) is 15.0. The lowest BCUT2D eigenvalue weighted by molar-refractivity contribution is 0.550. The van der Waals surface area contributed by atoms with Gasteiger partial charge < -0.3 is 0 Å². The number of rotatable bonds is 7. The second-order valence-electron chi connectivity index (χ2n) is 5.91. The molecule has 6 heteroatoms. The van der Waals surface area contributed by atoms with Crippen LogP contribution in [0, 0.1) is 0 Å². The van der Waals surface area contributed by atoms with Crippen LogP contribution in [0.1, 0.15) is 56.7 Å². The van der Waals surface area contributed by atoms with Crippen molar-refractivity contribution in [3.63, 3.8) is 0 Å². The van der Waals surface area contributed by atoms with Crippen LogP contribution in [0.3, 0.4) is 0 Å². The summed E-state index contributed by atoms with van der Waals surface area (Å²) in [7, 11) is -1.87. The molecule has 0 aliphatic heterocycles. The Morgan fingerprint density at radius 3 is 2.22 bits per heavy atom. The molecule has 2 aromatic rings. The van der Waals surface area contributed by atoms with Crippen LogP contribution in [0.2, 0.25) is 0 Å². The molecule has 1 N–H and O–H groups in total. The van der Waals surface area contributed by atoms with Crippen LogP contribution in [0.15, 0.2) is 41.6 Å². The van der Waals surface area contributed by atoms with E-state index >= 15 is 0 Å². The summed E-state index contributed by atoms with van der Waals surface area (Å²) < 4.78 is 29.1. The second-order valence-corrected chi connectivity index (χ2v) is 7.62. The Morgan fingerprint density at radius 2 is 1.74 bits per heavy atom. The molecule has 0 saturated carbocycles. The Hall–Kier alpha value is -1.66. The van der Waals surface area contributed by atoms with Gasteiger partial charge in [0, 0.05) is 19.3 Å². The zero-order valence-electron chi connectivity index (χ0n) is 14.2. The van der Waals surface area contributed by atoms with Crippen LogP contribution in [0.25, 0.3) is 0 Å². The van der Waals surface area contributed by atoms with Crippen molar-refractivity contribution in [1.82, 2.24) is 14.5 Å². The summed E-state index contributed by atoms with van der Waals surface area (Å²) in [6, 6.07) is 7.96. The minimum atomic E-state index is -3.56. The summed E-state index contributed by atoms with van der Waals surface area (Å²) in [5.41, 5.74) is 2.26. The van der Waals surface area contributed by atoms with Crippen LogP contribution >= 0.6 is 0 Å². The number of sulfonamides is 1. The average molecular weight is 335 g/mol. The number of nitrogens with one attached hydrogen (secondary N) is 1. The van der Waals surface area contributed by atoms with Gasteiger partial charge in [-0.25, -0.2) is 13.1 Å². The lowest BCUT2D eigenvalue weighted by atomic mass is 9.96. The highest BCUT2D eigenvalue weighted by Gasteiger charge is 2.21. The van der Waals surface area contributed by atoms with Crippen molar-refractivity contribution < 1.29 is 8.42 Å². The molecular weight excluding hydrogens is 310 g/mol. The first-order valence-corrected chi connectivity index (χ1v) is 9.46. The molecule has 0 unspecified atom stereocenters. The Labute approximate surface area is 138 Å². The van der Waals surface area contributed by atoms with Gasteiger partial charge in [-0.3, -0.25) is 4.68 Å². The summed E-state index contributed by atoms with van der Waals surface area (Å²) in [6.07, 6.45) is 4.63. The third kappa shape index (κ3) is 4.20. The predicted octanol–water partition coefficient (Wildman–Crippen LogP) is 3.36. The van der Waals surface area contributed by atoms with E-state index in [2.05, 4.69) is 35.8 Å². The lowest BCUT2D eigenvalue weighted by Crippen LogP contribution is -2.28. The van der Waals surface area contributed by atoms with Gasteiger partial charge in [-0.15, -0.1) is 0 Å². The number of aromatic nitrogens is 2. The van der Waals surface area contributed by atoms with Gasteiger partial charge in [-0.1, -0.05) is 45.0 Å². The van der Waals surface area contributed by atoms with Gasteiger partial charge in [-0.2, -0.15) is 5.10 Å². The first-order chi connectivity index (χ1) is 10.9. The van der Waals surface area contributed by atoms with Gasteiger partial charge in [0.2, 0.25) is 10.0 Å². The van der Waals surface area contributed by atoms with Gasteiger partial charge in [-0.05, 0) is 29.9 Å². The van der Waals surface area contributed by atoms with E-state index in [9.17, 15) is 8.42 Å². The first kappa shape index (κ1) is 17.7. The fourth-order valence-electron chi connectivity index (χ4n) is 2.47. The maximum absolute atomic E-state index is 12.4. The summed E-state index contributed by atoms with van der Waals surface area (Å²) >= 11 is 0. The maximum atomic E-state index is 12.4. The fraction of sp³-hybridized carbons (Fsp3) is 0.471. The van der Waals surface area contributed by atoms with E-state index in [0.29, 0.717) is 12.3 Å². The van der Waals surface area contributed by atoms with Gasteiger partial charge >= 0.3 is 0 Å². The number of nitrogens with zero attached hydrogens (tertiary/aromatic N) is 2. The van der Waals surface area contributed by atoms with Gasteiger partial charge in [0.1, 0.15) is 4.90 Å². The van der Waals surface area contributed by atoms with Crippen LogP contribution in [-0.4, -0.2) is 18.2 Å². The average Bonchev–Trinajstić information content (AvgIpc) is 2.99. The van der Waals surface area contributed by atoms with Crippen LogP contribution in [0.5, 0.6) is 0 Å². The van der Waals surface area contributed by atoms with E-state index in [1.54, 1.807) is 7.05 Å². The first-order valence-electron chi connectivity index (χ1n) is 7.98. The topological polar surface area (TPSA) is 64.0 Å². The molecular formula is C17H25N3O2S. The third-order valence-corrected chi connectivity index (χ3v) is 5.64. The molecule has 2 rings (SSSR count). The summed E-state index contributed by atoms with van der Waals surface area (Å²) in [6.45, 7) is 6.33. The molecule has 1 aromatic carbocycles. The van der Waals surface area contributed by atoms with Crippen molar-refractivity contribution in [3.8, 4) is 0 Å². The van der Waals surface area contributed by atoms with Gasteiger partial charge in [0.05, 0.1) is 6.20 Å². The third-order valence-electron chi connectivity index (χ3n) is 4.22. The summed E-state index contributed by atoms with van der Waals surface area (Å²) in [5, 5.41) is 3.93. The zero-order chi connectivity index (χ0) is 17.0. The van der Waals surface area contributed by atoms with E-state index in [4.69, 9.17) is 0 Å². The normalized spacial score (nSPS) is 14.6. The molecule has 0 spiro atoms. The van der Waals surface area contributed by atoms with E-state index in [1.807, 2.05) is 19.1 Å². The molecule has 126 valence electrons. The molecule has 23 heavy (non-hydrogen) atoms. The molecule has 0 fully saturated rings. The Kier molecular flexibility index (Phi) is 5.59. The molecule has 0 aliphatic rings. The SMILES string of the molecule is CC[C@H](NS(=O)(=O)c1cnn(C)c1)c1ccc([C@@H](C)CC)cc1. The molecule has 5 nitrogen and oxygen atoms in total. The summed E-state index contributed by atoms with van der Waals surface area (Å²) in [5.74, 6) is 0.510. The van der Waals surface area contributed by atoms with Crippen molar-refractivity contribution in [2.24, 2.45) is 7.05 Å². The lowest BCUT2D eigenvalue weighted by Gasteiger charge is -2.18. The fourth-order valence-corrected chi connectivity index (χ4v) is 3.76. The highest BCUT2D eigenvalue weighted by Crippen LogP contribution is 2.24. The number of hydrogen-bond acceptors (Lipinski definition) is 3. The molecule has 0 amide bonds. The van der Waals surface area contributed by atoms with Crippen molar-refractivity contribution in [1.29, 1.82) is 0 Å². The van der Waals surface area contributed by atoms with E-state index in [-0.39, 0.29) is 10.9 Å². The van der Waals surface area contributed by atoms with Crippen LogP contribution in [-0.2, 0) is 17.1 Å². The Balaban J connectivity index is 2.19. The Bertz CT molecular complexity index is 735. The van der Waals surface area contributed by atoms with Crippen molar-refractivity contribution in [2.45, 2.75) is 50.5 Å².